The van der Waals surface area contributed by atoms with E-state index in [1.54, 1.807) is 6.92 Å². The quantitative estimate of drug-likeness (QED) is 0.361. The molecule has 164 valence electrons. The summed E-state index contributed by atoms with van der Waals surface area (Å²) in [5, 5.41) is 22.3. The maximum absolute atomic E-state index is 11.6. The van der Waals surface area contributed by atoms with Crippen LogP contribution in [0.2, 0.25) is 5.02 Å². The maximum atomic E-state index is 11.6. The van der Waals surface area contributed by atoms with Gasteiger partial charge in [0.1, 0.15) is 10.6 Å². The number of hydrogen-bond acceptors (Lipinski definition) is 8. The van der Waals surface area contributed by atoms with Gasteiger partial charge in [0.15, 0.2) is 5.69 Å². The van der Waals surface area contributed by atoms with E-state index in [1.165, 1.54) is 25.1 Å². The molecule has 0 bridgehead atoms. The lowest BCUT2D eigenvalue weighted by Gasteiger charge is -2.05. The minimum atomic E-state index is -4.66. The van der Waals surface area contributed by atoms with E-state index in [9.17, 15) is 31.0 Å². The van der Waals surface area contributed by atoms with E-state index in [0.717, 1.165) is 22.9 Å². The molecule has 0 aliphatic heterocycles. The number of azo groups is 1. The van der Waals surface area contributed by atoms with Crippen LogP contribution in [0.3, 0.4) is 0 Å². The molecule has 0 spiro atoms. The second-order valence-corrected chi connectivity index (χ2v) is 9.60. The molecule has 3 N–H and O–H groups in total. The highest BCUT2D eigenvalue weighted by atomic mass is 35.5. The number of halogens is 1. The van der Waals surface area contributed by atoms with Crippen molar-refractivity contribution in [1.29, 1.82) is 0 Å². The SMILES string of the molecule is Cc1cc(N=Nc2c(C)nn(-c3cccc(S(=O)(=O)O)c3)c2O)c(S(=O)(=O)O)cc1Cl. The highest BCUT2D eigenvalue weighted by Crippen LogP contribution is 2.36. The first kappa shape index (κ1) is 22.8. The lowest BCUT2D eigenvalue weighted by Crippen LogP contribution is -2.01. The number of rotatable bonds is 5. The Bertz CT molecular complexity index is 1430. The van der Waals surface area contributed by atoms with Crippen LogP contribution in [-0.4, -0.2) is 40.8 Å². The van der Waals surface area contributed by atoms with Gasteiger partial charge in [-0.05, 0) is 49.7 Å². The first-order valence-corrected chi connectivity index (χ1v) is 11.6. The van der Waals surface area contributed by atoms with Crippen LogP contribution in [0.1, 0.15) is 11.3 Å². The molecule has 0 aliphatic carbocycles. The minimum absolute atomic E-state index is 0.0946. The van der Waals surface area contributed by atoms with Gasteiger partial charge in [0.2, 0.25) is 5.88 Å². The fourth-order valence-corrected chi connectivity index (χ4v) is 4.00. The van der Waals surface area contributed by atoms with Gasteiger partial charge in [-0.3, -0.25) is 9.11 Å². The second kappa shape index (κ2) is 8.01. The molecule has 1 aromatic heterocycles. The van der Waals surface area contributed by atoms with Crippen molar-refractivity contribution in [3.05, 3.63) is 52.7 Å². The topological polar surface area (TPSA) is 172 Å². The highest BCUT2D eigenvalue weighted by molar-refractivity contribution is 7.86. The number of nitrogens with zero attached hydrogens (tertiary/aromatic N) is 4. The van der Waals surface area contributed by atoms with Crippen LogP contribution in [0.15, 0.2) is 56.4 Å². The van der Waals surface area contributed by atoms with Crippen LogP contribution >= 0.6 is 11.6 Å². The Kier molecular flexibility index (Phi) is 5.90. The molecule has 2 aromatic carbocycles. The molecule has 0 aliphatic rings. The molecule has 0 saturated carbocycles. The smallest absolute Gasteiger partial charge is 0.296 e. The minimum Gasteiger partial charge on any atom is -0.492 e. The van der Waals surface area contributed by atoms with E-state index < -0.39 is 35.9 Å². The van der Waals surface area contributed by atoms with E-state index in [1.807, 2.05) is 0 Å². The summed E-state index contributed by atoms with van der Waals surface area (Å²) >= 11 is 5.91. The van der Waals surface area contributed by atoms with Gasteiger partial charge in [0.05, 0.1) is 16.3 Å². The van der Waals surface area contributed by atoms with Crippen LogP contribution in [0.25, 0.3) is 5.69 Å². The molecule has 14 heteroatoms. The summed E-state index contributed by atoms with van der Waals surface area (Å²) in [6, 6.07) is 7.33. The third kappa shape index (κ3) is 4.75. The lowest BCUT2D eigenvalue weighted by molar-refractivity contribution is 0.434. The number of aromatic hydroxyl groups is 1. The van der Waals surface area contributed by atoms with Crippen molar-refractivity contribution in [1.82, 2.24) is 9.78 Å². The fraction of sp³-hybridized carbons (Fsp3) is 0.118. The molecule has 31 heavy (non-hydrogen) atoms. The summed E-state index contributed by atoms with van der Waals surface area (Å²) in [5.74, 6) is -0.521. The van der Waals surface area contributed by atoms with Crippen LogP contribution in [-0.2, 0) is 20.2 Å². The van der Waals surface area contributed by atoms with E-state index in [0.29, 0.717) is 5.56 Å². The van der Waals surface area contributed by atoms with Crippen molar-refractivity contribution in [2.75, 3.05) is 0 Å². The third-order valence-corrected chi connectivity index (χ3v) is 6.28. The summed E-state index contributed by atoms with van der Waals surface area (Å²) in [5.41, 5.74) is 0.410. The van der Waals surface area contributed by atoms with Crippen molar-refractivity contribution in [2.45, 2.75) is 23.6 Å². The first-order valence-electron chi connectivity index (χ1n) is 8.35. The monoisotopic (exact) mass is 486 g/mol. The zero-order chi connectivity index (χ0) is 23.1. The van der Waals surface area contributed by atoms with Gasteiger partial charge in [-0.1, -0.05) is 17.7 Å². The Morgan fingerprint density at radius 1 is 1.00 bits per heavy atom. The molecular weight excluding hydrogens is 472 g/mol. The molecular formula is C17H15ClN4O7S2. The Labute approximate surface area is 182 Å². The predicted octanol–water partition coefficient (Wildman–Crippen LogP) is 3.76. The van der Waals surface area contributed by atoms with Gasteiger partial charge in [0.25, 0.3) is 20.2 Å². The van der Waals surface area contributed by atoms with Gasteiger partial charge < -0.3 is 5.11 Å². The van der Waals surface area contributed by atoms with E-state index in [-0.39, 0.29) is 27.8 Å². The molecule has 0 amide bonds. The van der Waals surface area contributed by atoms with Crippen molar-refractivity contribution in [3.8, 4) is 11.6 Å². The Balaban J connectivity index is 2.10. The number of hydrogen-bond donors (Lipinski definition) is 3. The average molecular weight is 487 g/mol. The summed E-state index contributed by atoms with van der Waals surface area (Å²) in [6.07, 6.45) is 0. The average Bonchev–Trinajstić information content (AvgIpc) is 2.95. The van der Waals surface area contributed by atoms with Gasteiger partial charge in [0, 0.05) is 5.02 Å². The lowest BCUT2D eigenvalue weighted by atomic mass is 10.2. The summed E-state index contributed by atoms with van der Waals surface area (Å²) < 4.78 is 65.5. The highest BCUT2D eigenvalue weighted by Gasteiger charge is 2.20. The van der Waals surface area contributed by atoms with E-state index in [4.69, 9.17) is 11.6 Å². The van der Waals surface area contributed by atoms with E-state index in [2.05, 4.69) is 15.3 Å². The van der Waals surface area contributed by atoms with Crippen LogP contribution in [0.4, 0.5) is 11.4 Å². The summed E-state index contributed by atoms with van der Waals surface area (Å²) in [6.45, 7) is 3.08. The molecule has 1 heterocycles. The Morgan fingerprint density at radius 3 is 2.29 bits per heavy atom. The van der Waals surface area contributed by atoms with Gasteiger partial charge in [-0.2, -0.15) is 26.6 Å². The van der Waals surface area contributed by atoms with Gasteiger partial charge in [-0.15, -0.1) is 10.2 Å². The third-order valence-electron chi connectivity index (χ3n) is 4.14. The van der Waals surface area contributed by atoms with E-state index >= 15 is 0 Å². The summed E-state index contributed by atoms with van der Waals surface area (Å²) in [4.78, 5) is -0.979. The molecule has 3 aromatic rings. The maximum Gasteiger partial charge on any atom is 0.296 e. The zero-order valence-electron chi connectivity index (χ0n) is 15.9. The van der Waals surface area contributed by atoms with Crippen molar-refractivity contribution < 1.29 is 31.0 Å². The molecule has 0 radical (unpaired) electrons. The number of benzene rings is 2. The Hall–Kier alpha value is -2.84. The van der Waals surface area contributed by atoms with Crippen LogP contribution < -0.4 is 0 Å². The number of aromatic nitrogens is 2. The normalized spacial score (nSPS) is 12.5. The molecule has 0 unspecified atom stereocenters. The zero-order valence-corrected chi connectivity index (χ0v) is 18.3. The number of aryl methyl sites for hydroxylation is 2. The van der Waals surface area contributed by atoms with Crippen LogP contribution in [0.5, 0.6) is 5.88 Å². The molecule has 3 rings (SSSR count). The standard InChI is InChI=1S/C17H15ClN4O7S2/c1-9-6-14(15(8-13(9)18)31(27,28)29)19-20-16-10(2)21-22(17(16)23)11-4-3-5-12(7-11)30(24,25)26/h3-8,23H,1-2H3,(H,24,25,26)(H,27,28,29). The molecule has 11 nitrogen and oxygen atoms in total. The van der Waals surface area contributed by atoms with Crippen molar-refractivity contribution in [3.63, 3.8) is 0 Å². The second-order valence-electron chi connectivity index (χ2n) is 6.39. The van der Waals surface area contributed by atoms with Gasteiger partial charge >= 0.3 is 0 Å². The Morgan fingerprint density at radius 2 is 1.68 bits per heavy atom. The first-order chi connectivity index (χ1) is 14.3. The van der Waals surface area contributed by atoms with Crippen molar-refractivity contribution >= 4 is 43.2 Å². The van der Waals surface area contributed by atoms with Crippen molar-refractivity contribution in [2.24, 2.45) is 10.2 Å². The molecule has 0 saturated heterocycles. The largest absolute Gasteiger partial charge is 0.492 e. The van der Waals surface area contributed by atoms with Gasteiger partial charge in [-0.25, -0.2) is 0 Å². The molecule has 0 fully saturated rings. The molecule has 0 atom stereocenters. The van der Waals surface area contributed by atoms with Crippen LogP contribution in [0, 0.1) is 13.8 Å². The predicted molar refractivity (Wildman–Crippen MR) is 110 cm³/mol. The summed E-state index contributed by atoms with van der Waals surface area (Å²) in [7, 11) is -9.13. The fourth-order valence-electron chi connectivity index (χ4n) is 2.62.